The van der Waals surface area contributed by atoms with Gasteiger partial charge in [0.1, 0.15) is 6.10 Å². The average Bonchev–Trinajstić information content (AvgIpc) is 3.05. The maximum Gasteiger partial charge on any atom is 0.101 e. The molecule has 96 valence electrons. The Morgan fingerprint density at radius 1 is 1.39 bits per heavy atom. The highest BCUT2D eigenvalue weighted by molar-refractivity contribution is 7.12. The summed E-state index contributed by atoms with van der Waals surface area (Å²) in [6.45, 7) is 1.50. The lowest BCUT2D eigenvalue weighted by Gasteiger charge is -2.09. The van der Waals surface area contributed by atoms with E-state index in [-0.39, 0.29) is 6.10 Å². The number of hydrogen-bond acceptors (Lipinski definition) is 4. The van der Waals surface area contributed by atoms with Crippen molar-refractivity contribution in [2.75, 3.05) is 6.54 Å². The Bertz CT molecular complexity index is 482. The summed E-state index contributed by atoms with van der Waals surface area (Å²) in [5.41, 5.74) is 1.55. The van der Waals surface area contributed by atoms with E-state index >= 15 is 0 Å². The first-order chi connectivity index (χ1) is 8.83. The first kappa shape index (κ1) is 12.4. The molecule has 0 spiro atoms. The second kappa shape index (κ2) is 5.53. The summed E-state index contributed by atoms with van der Waals surface area (Å²) in [6.07, 6.45) is 3.46. The summed E-state index contributed by atoms with van der Waals surface area (Å²) in [5, 5.41) is 15.3. The number of aliphatic hydroxyl groups is 1. The Labute approximate surface area is 115 Å². The third kappa shape index (κ3) is 2.67. The topological polar surface area (TPSA) is 32.3 Å². The van der Waals surface area contributed by atoms with E-state index in [0.29, 0.717) is 6.54 Å². The van der Waals surface area contributed by atoms with Crippen molar-refractivity contribution < 1.29 is 5.11 Å². The van der Waals surface area contributed by atoms with Crippen molar-refractivity contribution in [1.82, 2.24) is 5.32 Å². The molecule has 2 aromatic rings. The number of aryl methyl sites for hydroxylation is 2. The van der Waals surface area contributed by atoms with Crippen LogP contribution in [0.25, 0.3) is 0 Å². The number of aliphatic hydroxyl groups excluding tert-OH is 1. The lowest BCUT2D eigenvalue weighted by Crippen LogP contribution is -2.20. The normalized spacial score (nSPS) is 15.8. The molecule has 3 rings (SSSR count). The average molecular weight is 279 g/mol. The van der Waals surface area contributed by atoms with Gasteiger partial charge in [0, 0.05) is 27.7 Å². The summed E-state index contributed by atoms with van der Waals surface area (Å²) in [5.74, 6) is 0. The van der Waals surface area contributed by atoms with E-state index in [2.05, 4.69) is 11.4 Å². The van der Waals surface area contributed by atoms with Crippen LogP contribution in [0.3, 0.4) is 0 Å². The summed E-state index contributed by atoms with van der Waals surface area (Å²) < 4.78 is 0. The van der Waals surface area contributed by atoms with Crippen LogP contribution in [-0.4, -0.2) is 11.7 Å². The number of rotatable bonds is 5. The van der Waals surface area contributed by atoms with Crippen LogP contribution >= 0.6 is 22.7 Å². The molecule has 0 saturated carbocycles. The maximum atomic E-state index is 9.96. The van der Waals surface area contributed by atoms with Gasteiger partial charge < -0.3 is 10.4 Å². The molecule has 2 N–H and O–H groups in total. The van der Waals surface area contributed by atoms with Gasteiger partial charge in [-0.05, 0) is 42.3 Å². The van der Waals surface area contributed by atoms with Crippen molar-refractivity contribution in [3.05, 3.63) is 43.8 Å². The van der Waals surface area contributed by atoms with E-state index in [1.807, 2.05) is 28.8 Å². The summed E-state index contributed by atoms with van der Waals surface area (Å²) in [7, 11) is 0. The van der Waals surface area contributed by atoms with Crippen LogP contribution in [0.5, 0.6) is 0 Å². The second-order valence-corrected chi connectivity index (χ2v) is 6.88. The molecular formula is C14H17NOS2. The molecule has 2 nitrogen and oxygen atoms in total. The van der Waals surface area contributed by atoms with Crippen LogP contribution in [0, 0.1) is 0 Å². The molecule has 0 aliphatic heterocycles. The number of thiophene rings is 2. The van der Waals surface area contributed by atoms with Crippen LogP contribution in [0.2, 0.25) is 0 Å². The molecule has 1 aliphatic carbocycles. The zero-order chi connectivity index (χ0) is 12.4. The molecule has 1 aliphatic rings. The number of nitrogens with one attached hydrogen (secondary N) is 1. The molecule has 1 unspecified atom stereocenters. The Kier molecular flexibility index (Phi) is 3.80. The predicted molar refractivity (Wildman–Crippen MR) is 77.3 cm³/mol. The third-order valence-corrected chi connectivity index (χ3v) is 5.52. The van der Waals surface area contributed by atoms with Crippen LogP contribution in [0.4, 0.5) is 0 Å². The SMILES string of the molecule is OC(CNCc1cc2c(s1)CCC2)c1cccs1. The van der Waals surface area contributed by atoms with Gasteiger partial charge in [-0.1, -0.05) is 6.07 Å². The summed E-state index contributed by atoms with van der Waals surface area (Å²) in [4.78, 5) is 4.01. The number of hydrogen-bond donors (Lipinski definition) is 2. The molecular weight excluding hydrogens is 262 g/mol. The Balaban J connectivity index is 1.49. The van der Waals surface area contributed by atoms with Crippen LogP contribution in [0.1, 0.15) is 32.7 Å². The van der Waals surface area contributed by atoms with Crippen molar-refractivity contribution in [2.24, 2.45) is 0 Å². The third-order valence-electron chi connectivity index (χ3n) is 3.31. The first-order valence-electron chi connectivity index (χ1n) is 6.35. The van der Waals surface area contributed by atoms with Gasteiger partial charge in [-0.2, -0.15) is 0 Å². The largest absolute Gasteiger partial charge is 0.386 e. The molecule has 18 heavy (non-hydrogen) atoms. The van der Waals surface area contributed by atoms with Gasteiger partial charge in [0.2, 0.25) is 0 Å². The predicted octanol–water partition coefficient (Wildman–Crippen LogP) is 3.12. The van der Waals surface area contributed by atoms with E-state index in [0.717, 1.165) is 11.4 Å². The van der Waals surface area contributed by atoms with Gasteiger partial charge in [-0.15, -0.1) is 22.7 Å². The van der Waals surface area contributed by atoms with Gasteiger partial charge in [0.25, 0.3) is 0 Å². The highest BCUT2D eigenvalue weighted by Crippen LogP contribution is 2.30. The maximum absolute atomic E-state index is 9.96. The van der Waals surface area contributed by atoms with Crippen molar-refractivity contribution in [3.8, 4) is 0 Å². The Hall–Kier alpha value is -0.680. The van der Waals surface area contributed by atoms with E-state index in [1.165, 1.54) is 24.1 Å². The molecule has 0 radical (unpaired) electrons. The molecule has 0 amide bonds. The van der Waals surface area contributed by atoms with Gasteiger partial charge in [0.15, 0.2) is 0 Å². The monoisotopic (exact) mass is 279 g/mol. The summed E-state index contributed by atoms with van der Waals surface area (Å²) >= 11 is 3.54. The van der Waals surface area contributed by atoms with Crippen molar-refractivity contribution in [3.63, 3.8) is 0 Å². The van der Waals surface area contributed by atoms with Crippen molar-refractivity contribution in [1.29, 1.82) is 0 Å². The zero-order valence-electron chi connectivity index (χ0n) is 10.2. The minimum Gasteiger partial charge on any atom is -0.386 e. The fraction of sp³-hybridized carbons (Fsp3) is 0.429. The van der Waals surface area contributed by atoms with E-state index in [1.54, 1.807) is 21.8 Å². The molecule has 0 aromatic carbocycles. The highest BCUT2D eigenvalue weighted by atomic mass is 32.1. The quantitative estimate of drug-likeness (QED) is 0.881. The van der Waals surface area contributed by atoms with E-state index in [4.69, 9.17) is 0 Å². The Morgan fingerprint density at radius 2 is 2.33 bits per heavy atom. The molecule has 2 heterocycles. The van der Waals surface area contributed by atoms with E-state index < -0.39 is 0 Å². The van der Waals surface area contributed by atoms with Gasteiger partial charge in [-0.25, -0.2) is 0 Å². The molecule has 2 aromatic heterocycles. The van der Waals surface area contributed by atoms with Crippen LogP contribution in [-0.2, 0) is 19.4 Å². The minimum atomic E-state index is -0.378. The summed E-state index contributed by atoms with van der Waals surface area (Å²) in [6, 6.07) is 6.29. The second-order valence-electron chi connectivity index (χ2n) is 4.68. The zero-order valence-corrected chi connectivity index (χ0v) is 11.8. The van der Waals surface area contributed by atoms with Crippen LogP contribution in [0.15, 0.2) is 23.6 Å². The number of fused-ring (bicyclic) bond motifs is 1. The minimum absolute atomic E-state index is 0.378. The fourth-order valence-electron chi connectivity index (χ4n) is 2.39. The van der Waals surface area contributed by atoms with Crippen molar-refractivity contribution >= 4 is 22.7 Å². The lowest BCUT2D eigenvalue weighted by atomic mass is 10.2. The smallest absolute Gasteiger partial charge is 0.101 e. The van der Waals surface area contributed by atoms with Crippen LogP contribution < -0.4 is 5.32 Å². The molecule has 0 saturated heterocycles. The molecule has 0 fully saturated rings. The highest BCUT2D eigenvalue weighted by Gasteiger charge is 2.14. The Morgan fingerprint density at radius 3 is 3.11 bits per heavy atom. The fourth-order valence-corrected chi connectivity index (χ4v) is 4.33. The lowest BCUT2D eigenvalue weighted by molar-refractivity contribution is 0.178. The molecule has 1 atom stereocenters. The molecule has 4 heteroatoms. The first-order valence-corrected chi connectivity index (χ1v) is 8.05. The van der Waals surface area contributed by atoms with Gasteiger partial charge in [0.05, 0.1) is 0 Å². The van der Waals surface area contributed by atoms with E-state index in [9.17, 15) is 5.11 Å². The van der Waals surface area contributed by atoms with Gasteiger partial charge in [-0.3, -0.25) is 0 Å². The van der Waals surface area contributed by atoms with Gasteiger partial charge >= 0.3 is 0 Å². The standard InChI is InChI=1S/C14H17NOS2/c16-12(14-5-2-6-17-14)9-15-8-11-7-10-3-1-4-13(10)18-11/h2,5-7,12,15-16H,1,3-4,8-9H2. The van der Waals surface area contributed by atoms with Crippen molar-refractivity contribution in [2.45, 2.75) is 31.9 Å². The molecule has 0 bridgehead atoms.